The van der Waals surface area contributed by atoms with Gasteiger partial charge in [0.2, 0.25) is 11.3 Å². The third-order valence-electron chi connectivity index (χ3n) is 4.86. The first kappa shape index (κ1) is 21.7. The van der Waals surface area contributed by atoms with Crippen LogP contribution in [0.15, 0.2) is 69.9 Å². The lowest BCUT2D eigenvalue weighted by Gasteiger charge is -2.14. The first-order valence-electron chi connectivity index (χ1n) is 9.47. The van der Waals surface area contributed by atoms with E-state index in [0.29, 0.717) is 32.7 Å². The molecular formula is C24H17Cl2NO5. The quantitative estimate of drug-likeness (QED) is 0.385. The summed E-state index contributed by atoms with van der Waals surface area (Å²) in [6.45, 7) is 0. The molecule has 0 aliphatic rings. The fourth-order valence-electron chi connectivity index (χ4n) is 3.29. The lowest BCUT2D eigenvalue weighted by atomic mass is 10.0. The standard InChI is InChI=1S/C24H17Cl2NO5/c1-30-19-9-5-14(11-20(19)31-2)21-22(28)17-12-16(26)8-10-18(17)32-24(21)27-23(29)13-3-6-15(25)7-4-13/h3-12H,1-2H3,(H,27,29). The average Bonchev–Trinajstić information content (AvgIpc) is 2.80. The van der Waals surface area contributed by atoms with Gasteiger partial charge in [-0.3, -0.25) is 14.9 Å². The fourth-order valence-corrected chi connectivity index (χ4v) is 3.58. The normalized spacial score (nSPS) is 10.8. The summed E-state index contributed by atoms with van der Waals surface area (Å²) in [4.78, 5) is 26.3. The Balaban J connectivity index is 1.91. The maximum atomic E-state index is 13.5. The van der Waals surface area contributed by atoms with E-state index in [1.807, 2.05) is 0 Å². The Kier molecular flexibility index (Phi) is 6.08. The van der Waals surface area contributed by atoms with Crippen LogP contribution in [0.5, 0.6) is 11.5 Å². The molecule has 4 aromatic rings. The molecule has 0 saturated carbocycles. The molecule has 0 aliphatic carbocycles. The Bertz CT molecular complexity index is 1380. The van der Waals surface area contributed by atoms with Crippen molar-refractivity contribution in [2.45, 2.75) is 0 Å². The Morgan fingerprint density at radius 2 is 1.56 bits per heavy atom. The molecule has 0 spiro atoms. The van der Waals surface area contributed by atoms with Crippen molar-refractivity contribution in [3.05, 3.63) is 86.5 Å². The third kappa shape index (κ3) is 4.15. The summed E-state index contributed by atoms with van der Waals surface area (Å²) in [5, 5.41) is 3.88. The maximum absolute atomic E-state index is 13.5. The molecule has 3 aromatic carbocycles. The predicted molar refractivity (Wildman–Crippen MR) is 125 cm³/mol. The summed E-state index contributed by atoms with van der Waals surface area (Å²) >= 11 is 12.0. The summed E-state index contributed by atoms with van der Waals surface area (Å²) in [6, 6.07) is 16.1. The Morgan fingerprint density at radius 3 is 2.25 bits per heavy atom. The maximum Gasteiger partial charge on any atom is 0.257 e. The minimum atomic E-state index is -0.458. The van der Waals surface area contributed by atoms with Crippen molar-refractivity contribution in [3.63, 3.8) is 0 Å². The largest absolute Gasteiger partial charge is 0.493 e. The molecule has 1 amide bonds. The second kappa shape index (κ2) is 8.94. The van der Waals surface area contributed by atoms with Gasteiger partial charge in [0.15, 0.2) is 11.5 Å². The number of methoxy groups -OCH3 is 2. The Labute approximate surface area is 193 Å². The molecule has 1 N–H and O–H groups in total. The van der Waals surface area contributed by atoms with Crippen LogP contribution in [-0.2, 0) is 0 Å². The third-order valence-corrected chi connectivity index (χ3v) is 5.35. The minimum Gasteiger partial charge on any atom is -0.493 e. The predicted octanol–water partition coefficient (Wildman–Crippen LogP) is 6.04. The van der Waals surface area contributed by atoms with Crippen LogP contribution in [0.2, 0.25) is 10.0 Å². The zero-order valence-electron chi connectivity index (χ0n) is 17.1. The number of carbonyl (C=O) groups is 1. The monoisotopic (exact) mass is 469 g/mol. The van der Waals surface area contributed by atoms with E-state index in [2.05, 4.69) is 5.32 Å². The number of benzene rings is 3. The summed E-state index contributed by atoms with van der Waals surface area (Å²) in [5.41, 5.74) is 0.918. The SMILES string of the molecule is COc1ccc(-c2c(NC(=O)c3ccc(Cl)cc3)oc3ccc(Cl)cc3c2=O)cc1OC. The molecule has 32 heavy (non-hydrogen) atoms. The number of anilines is 1. The average molecular weight is 470 g/mol. The molecule has 0 saturated heterocycles. The van der Waals surface area contributed by atoms with Gasteiger partial charge >= 0.3 is 0 Å². The van der Waals surface area contributed by atoms with E-state index in [1.54, 1.807) is 54.6 Å². The molecule has 1 aromatic heterocycles. The van der Waals surface area contributed by atoms with Crippen LogP contribution in [0.1, 0.15) is 10.4 Å². The van der Waals surface area contributed by atoms with Crippen LogP contribution in [0.3, 0.4) is 0 Å². The molecule has 162 valence electrons. The molecule has 8 heteroatoms. The highest BCUT2D eigenvalue weighted by atomic mass is 35.5. The molecule has 4 rings (SSSR count). The number of carbonyl (C=O) groups excluding carboxylic acids is 1. The fraction of sp³-hybridized carbons (Fsp3) is 0.0833. The van der Waals surface area contributed by atoms with Crippen molar-refractivity contribution < 1.29 is 18.7 Å². The van der Waals surface area contributed by atoms with Crippen molar-refractivity contribution in [3.8, 4) is 22.6 Å². The minimum absolute atomic E-state index is 0.00278. The number of amides is 1. The van der Waals surface area contributed by atoms with Crippen molar-refractivity contribution in [2.24, 2.45) is 0 Å². The summed E-state index contributed by atoms with van der Waals surface area (Å²) in [5.74, 6) is 0.457. The van der Waals surface area contributed by atoms with Gasteiger partial charge in [-0.1, -0.05) is 29.3 Å². The molecule has 0 radical (unpaired) electrons. The molecule has 0 fully saturated rings. The summed E-state index contributed by atoms with van der Waals surface area (Å²) < 4.78 is 16.6. The highest BCUT2D eigenvalue weighted by molar-refractivity contribution is 6.31. The lowest BCUT2D eigenvalue weighted by Crippen LogP contribution is -2.16. The summed E-state index contributed by atoms with van der Waals surface area (Å²) in [6.07, 6.45) is 0. The van der Waals surface area contributed by atoms with Crippen LogP contribution in [-0.4, -0.2) is 20.1 Å². The second-order valence-corrected chi connectivity index (χ2v) is 7.68. The Morgan fingerprint density at radius 1 is 0.875 bits per heavy atom. The van der Waals surface area contributed by atoms with Gasteiger partial charge in [0.05, 0.1) is 25.2 Å². The first-order valence-corrected chi connectivity index (χ1v) is 10.2. The number of hydrogen-bond acceptors (Lipinski definition) is 5. The summed E-state index contributed by atoms with van der Waals surface area (Å²) in [7, 11) is 3.01. The topological polar surface area (TPSA) is 77.8 Å². The van der Waals surface area contributed by atoms with Crippen molar-refractivity contribution in [2.75, 3.05) is 19.5 Å². The van der Waals surface area contributed by atoms with Gasteiger partial charge in [0.1, 0.15) is 5.58 Å². The van der Waals surface area contributed by atoms with E-state index in [-0.39, 0.29) is 27.8 Å². The second-order valence-electron chi connectivity index (χ2n) is 6.81. The number of rotatable bonds is 5. The van der Waals surface area contributed by atoms with Gasteiger partial charge in [-0.05, 0) is 60.2 Å². The first-order chi connectivity index (χ1) is 15.4. The molecule has 0 bridgehead atoms. The van der Waals surface area contributed by atoms with Crippen LogP contribution in [0, 0.1) is 0 Å². The van der Waals surface area contributed by atoms with E-state index in [1.165, 1.54) is 20.3 Å². The molecule has 0 unspecified atom stereocenters. The highest BCUT2D eigenvalue weighted by Crippen LogP contribution is 2.35. The number of fused-ring (bicyclic) bond motifs is 1. The van der Waals surface area contributed by atoms with Gasteiger partial charge in [0.25, 0.3) is 5.91 Å². The van der Waals surface area contributed by atoms with E-state index < -0.39 is 5.91 Å². The number of hydrogen-bond donors (Lipinski definition) is 1. The lowest BCUT2D eigenvalue weighted by molar-refractivity contribution is 0.102. The van der Waals surface area contributed by atoms with Gasteiger partial charge < -0.3 is 13.9 Å². The zero-order valence-corrected chi connectivity index (χ0v) is 18.6. The molecule has 0 aliphatic heterocycles. The van der Waals surface area contributed by atoms with Crippen molar-refractivity contribution >= 4 is 46.0 Å². The van der Waals surface area contributed by atoms with E-state index in [4.69, 9.17) is 37.1 Å². The van der Waals surface area contributed by atoms with Gasteiger partial charge in [-0.25, -0.2) is 0 Å². The number of halogens is 2. The smallest absolute Gasteiger partial charge is 0.257 e. The van der Waals surface area contributed by atoms with Crippen molar-refractivity contribution in [1.29, 1.82) is 0 Å². The van der Waals surface area contributed by atoms with Crippen molar-refractivity contribution in [1.82, 2.24) is 0 Å². The zero-order chi connectivity index (χ0) is 22.8. The molecule has 1 heterocycles. The Hall–Kier alpha value is -3.48. The van der Waals surface area contributed by atoms with Crippen LogP contribution >= 0.6 is 23.2 Å². The van der Waals surface area contributed by atoms with E-state index in [0.717, 1.165) is 0 Å². The van der Waals surface area contributed by atoms with Crippen LogP contribution in [0.4, 0.5) is 5.88 Å². The molecule has 0 atom stereocenters. The van der Waals surface area contributed by atoms with E-state index in [9.17, 15) is 9.59 Å². The van der Waals surface area contributed by atoms with Crippen LogP contribution in [0.25, 0.3) is 22.1 Å². The number of nitrogens with one attached hydrogen (secondary N) is 1. The van der Waals surface area contributed by atoms with Crippen LogP contribution < -0.4 is 20.2 Å². The van der Waals surface area contributed by atoms with Gasteiger partial charge in [0, 0.05) is 15.6 Å². The molecule has 6 nitrogen and oxygen atoms in total. The molecular weight excluding hydrogens is 453 g/mol. The number of ether oxygens (including phenoxy) is 2. The van der Waals surface area contributed by atoms with E-state index >= 15 is 0 Å². The van der Waals surface area contributed by atoms with Gasteiger partial charge in [-0.15, -0.1) is 0 Å². The van der Waals surface area contributed by atoms with Gasteiger partial charge in [-0.2, -0.15) is 0 Å². The highest BCUT2D eigenvalue weighted by Gasteiger charge is 2.20.